The Kier molecular flexibility index (Phi) is 7.48. The lowest BCUT2D eigenvalue weighted by Crippen LogP contribution is -2.36. The molecule has 1 saturated heterocycles. The van der Waals surface area contributed by atoms with Crippen LogP contribution in [0.3, 0.4) is 0 Å². The highest BCUT2D eigenvalue weighted by atomic mass is 16.5. The molecule has 1 aliphatic heterocycles. The van der Waals surface area contributed by atoms with Gasteiger partial charge in [0.2, 0.25) is 11.9 Å². The normalized spacial score (nSPS) is 13.9. The zero-order valence-corrected chi connectivity index (χ0v) is 20.2. The molecule has 4 rings (SSSR count). The lowest BCUT2D eigenvalue weighted by atomic mass is 10.1. The summed E-state index contributed by atoms with van der Waals surface area (Å²) in [4.78, 5) is 23.3. The quantitative estimate of drug-likeness (QED) is 0.449. The molecular weight excluding hydrogens is 446 g/mol. The van der Waals surface area contributed by atoms with E-state index in [4.69, 9.17) is 9.47 Å². The number of aliphatic hydroxyl groups is 1. The van der Waals surface area contributed by atoms with Crippen molar-refractivity contribution in [2.45, 2.75) is 25.9 Å². The molecule has 9 nitrogen and oxygen atoms in total. The first-order valence-electron chi connectivity index (χ1n) is 11.5. The average Bonchev–Trinajstić information content (AvgIpc) is 2.84. The fourth-order valence-electron chi connectivity index (χ4n) is 3.85. The third-order valence-corrected chi connectivity index (χ3v) is 5.50. The monoisotopic (exact) mass is 477 g/mol. The lowest BCUT2D eigenvalue weighted by Gasteiger charge is -2.30. The molecule has 0 unspecified atom stereocenters. The van der Waals surface area contributed by atoms with E-state index in [-0.39, 0.29) is 12.3 Å². The summed E-state index contributed by atoms with van der Waals surface area (Å²) in [7, 11) is 1.66. The second kappa shape index (κ2) is 10.7. The molecule has 3 N–H and O–H groups in total. The largest absolute Gasteiger partial charge is 0.495 e. The second-order valence-corrected chi connectivity index (χ2v) is 8.99. The van der Waals surface area contributed by atoms with Crippen molar-refractivity contribution < 1.29 is 19.4 Å². The number of morpholine rings is 1. The van der Waals surface area contributed by atoms with Crippen LogP contribution in [0, 0.1) is 0 Å². The molecular formula is C26H31N5O4. The molecule has 0 saturated carbocycles. The van der Waals surface area contributed by atoms with Gasteiger partial charge in [0.15, 0.2) is 0 Å². The number of anilines is 4. The molecule has 0 radical (unpaired) electrons. The Morgan fingerprint density at radius 1 is 1.11 bits per heavy atom. The fourth-order valence-corrected chi connectivity index (χ4v) is 3.85. The van der Waals surface area contributed by atoms with Crippen LogP contribution >= 0.6 is 0 Å². The maximum atomic E-state index is 12.0. The van der Waals surface area contributed by atoms with E-state index in [1.807, 2.05) is 48.5 Å². The van der Waals surface area contributed by atoms with E-state index in [1.165, 1.54) is 0 Å². The van der Waals surface area contributed by atoms with Crippen molar-refractivity contribution in [3.63, 3.8) is 0 Å². The van der Waals surface area contributed by atoms with Crippen molar-refractivity contribution in [2.24, 2.45) is 0 Å². The van der Waals surface area contributed by atoms with Crippen LogP contribution < -0.4 is 20.3 Å². The highest BCUT2D eigenvalue weighted by molar-refractivity contribution is 5.91. The third kappa shape index (κ3) is 6.68. The Morgan fingerprint density at radius 2 is 1.83 bits per heavy atom. The predicted octanol–water partition coefficient (Wildman–Crippen LogP) is 3.83. The summed E-state index contributed by atoms with van der Waals surface area (Å²) < 4.78 is 11.1. The summed E-state index contributed by atoms with van der Waals surface area (Å²) in [6.07, 6.45) is 1.72. The minimum absolute atomic E-state index is 0.0217. The van der Waals surface area contributed by atoms with Gasteiger partial charge in [-0.2, -0.15) is 0 Å². The molecule has 184 valence electrons. The molecule has 9 heteroatoms. The van der Waals surface area contributed by atoms with Gasteiger partial charge in [-0.15, -0.1) is 0 Å². The molecule has 1 amide bonds. The molecule has 35 heavy (non-hydrogen) atoms. The van der Waals surface area contributed by atoms with E-state index in [9.17, 15) is 9.90 Å². The number of amides is 1. The van der Waals surface area contributed by atoms with Crippen molar-refractivity contribution >= 4 is 28.9 Å². The molecule has 0 atom stereocenters. The molecule has 3 aromatic rings. The number of nitrogens with zero attached hydrogens (tertiary/aromatic N) is 3. The zero-order chi connectivity index (χ0) is 24.8. The van der Waals surface area contributed by atoms with Crippen molar-refractivity contribution in [2.75, 3.05) is 48.9 Å². The number of nitrogens with one attached hydrogen (secondary N) is 2. The molecule has 2 heterocycles. The van der Waals surface area contributed by atoms with Gasteiger partial charge in [-0.05, 0) is 44.2 Å². The van der Waals surface area contributed by atoms with Crippen LogP contribution in [-0.2, 0) is 9.53 Å². The van der Waals surface area contributed by atoms with Gasteiger partial charge in [-0.25, -0.2) is 9.97 Å². The second-order valence-electron chi connectivity index (χ2n) is 8.99. The van der Waals surface area contributed by atoms with E-state index < -0.39 is 5.60 Å². The number of hydrogen-bond acceptors (Lipinski definition) is 8. The summed E-state index contributed by atoms with van der Waals surface area (Å²) in [5, 5.41) is 15.8. The molecule has 1 aliphatic rings. The molecule has 1 aromatic heterocycles. The van der Waals surface area contributed by atoms with Gasteiger partial charge < -0.3 is 30.1 Å². The molecule has 0 aliphatic carbocycles. The summed E-state index contributed by atoms with van der Waals surface area (Å²) in [5.74, 6) is 0.996. The van der Waals surface area contributed by atoms with Crippen LogP contribution in [0.25, 0.3) is 11.3 Å². The topological polar surface area (TPSA) is 109 Å². The number of aromatic nitrogens is 2. The van der Waals surface area contributed by atoms with Crippen molar-refractivity contribution in [3.05, 3.63) is 54.7 Å². The fraction of sp³-hybridized carbons (Fsp3) is 0.346. The number of ether oxygens (including phenoxy) is 2. The maximum absolute atomic E-state index is 12.0. The minimum Gasteiger partial charge on any atom is -0.495 e. The Bertz CT molecular complexity index is 1160. The summed E-state index contributed by atoms with van der Waals surface area (Å²) in [6.45, 7) is 6.28. The number of rotatable bonds is 8. The van der Waals surface area contributed by atoms with Crippen LogP contribution in [0.5, 0.6) is 5.75 Å². The standard InChI is InChI=1S/C26H31N5O4/c1-26(2,33)17-24(32)28-19-6-4-18(5-7-19)21-10-11-27-25(30-21)29-20-8-9-22(23(16-20)34-3)31-12-14-35-15-13-31/h4-11,16,33H,12-15,17H2,1-3H3,(H,28,32)(H,27,29,30). The molecule has 0 bridgehead atoms. The van der Waals surface area contributed by atoms with Crippen LogP contribution in [0.4, 0.5) is 23.0 Å². The first-order chi connectivity index (χ1) is 16.8. The summed E-state index contributed by atoms with van der Waals surface area (Å²) >= 11 is 0. The Labute approximate surface area is 205 Å². The van der Waals surface area contributed by atoms with Crippen molar-refractivity contribution in [1.29, 1.82) is 0 Å². The molecule has 2 aromatic carbocycles. The SMILES string of the molecule is COc1cc(Nc2nccc(-c3ccc(NC(=O)CC(C)(C)O)cc3)n2)ccc1N1CCOCC1. The van der Waals surface area contributed by atoms with E-state index in [2.05, 4.69) is 25.5 Å². The maximum Gasteiger partial charge on any atom is 0.227 e. The van der Waals surface area contributed by atoms with E-state index in [1.54, 1.807) is 27.2 Å². The molecule has 1 fully saturated rings. The summed E-state index contributed by atoms with van der Waals surface area (Å²) in [5.41, 5.74) is 3.08. The first-order valence-corrected chi connectivity index (χ1v) is 11.5. The van der Waals surface area contributed by atoms with Crippen LogP contribution in [-0.4, -0.2) is 60.0 Å². The van der Waals surface area contributed by atoms with Crippen LogP contribution in [0.1, 0.15) is 20.3 Å². The molecule has 0 spiro atoms. The lowest BCUT2D eigenvalue weighted by molar-refractivity contribution is -0.119. The highest BCUT2D eigenvalue weighted by Crippen LogP contribution is 2.32. The van der Waals surface area contributed by atoms with Gasteiger partial charge in [0, 0.05) is 42.3 Å². The first kappa shape index (κ1) is 24.4. The zero-order valence-electron chi connectivity index (χ0n) is 20.2. The van der Waals surface area contributed by atoms with E-state index in [0.29, 0.717) is 24.8 Å². The smallest absolute Gasteiger partial charge is 0.227 e. The predicted molar refractivity (Wildman–Crippen MR) is 136 cm³/mol. The van der Waals surface area contributed by atoms with Crippen LogP contribution in [0.15, 0.2) is 54.7 Å². The van der Waals surface area contributed by atoms with Gasteiger partial charge in [-0.1, -0.05) is 12.1 Å². The number of carbonyl (C=O) groups excluding carboxylic acids is 1. The third-order valence-electron chi connectivity index (χ3n) is 5.50. The number of methoxy groups -OCH3 is 1. The van der Waals surface area contributed by atoms with Gasteiger partial charge in [0.05, 0.1) is 43.7 Å². The summed E-state index contributed by atoms with van der Waals surface area (Å²) in [6, 6.07) is 15.2. The highest BCUT2D eigenvalue weighted by Gasteiger charge is 2.18. The Morgan fingerprint density at radius 3 is 2.51 bits per heavy atom. The number of hydrogen-bond donors (Lipinski definition) is 3. The van der Waals surface area contributed by atoms with Gasteiger partial charge in [0.1, 0.15) is 5.75 Å². The van der Waals surface area contributed by atoms with Gasteiger partial charge >= 0.3 is 0 Å². The van der Waals surface area contributed by atoms with Crippen molar-refractivity contribution in [3.8, 4) is 17.0 Å². The average molecular weight is 478 g/mol. The Balaban J connectivity index is 1.45. The van der Waals surface area contributed by atoms with Gasteiger partial charge in [0.25, 0.3) is 0 Å². The van der Waals surface area contributed by atoms with E-state index >= 15 is 0 Å². The Hall–Kier alpha value is -3.69. The number of carbonyl (C=O) groups is 1. The van der Waals surface area contributed by atoms with Crippen LogP contribution in [0.2, 0.25) is 0 Å². The van der Waals surface area contributed by atoms with Gasteiger partial charge in [-0.3, -0.25) is 4.79 Å². The minimum atomic E-state index is -1.05. The van der Waals surface area contributed by atoms with E-state index in [0.717, 1.165) is 41.5 Å². The number of benzene rings is 2. The van der Waals surface area contributed by atoms with Crippen molar-refractivity contribution in [1.82, 2.24) is 9.97 Å².